The van der Waals surface area contributed by atoms with Crippen LogP contribution >= 0.6 is 11.3 Å². The van der Waals surface area contributed by atoms with Gasteiger partial charge in [0.15, 0.2) is 0 Å². The fraction of sp³-hybridized carbons (Fsp3) is 0.300. The second-order valence-corrected chi connectivity index (χ2v) is 3.84. The summed E-state index contributed by atoms with van der Waals surface area (Å²) in [6, 6.07) is 3.37. The molecule has 13 heavy (non-hydrogen) atoms. The van der Waals surface area contributed by atoms with Crippen LogP contribution in [-0.4, -0.2) is 4.98 Å². The molecule has 0 aliphatic carbocycles. The van der Waals surface area contributed by atoms with Gasteiger partial charge in [-0.15, -0.1) is 11.3 Å². The summed E-state index contributed by atoms with van der Waals surface area (Å²) in [6.07, 6.45) is 2.04. The Morgan fingerprint density at radius 3 is 3.08 bits per heavy atom. The summed E-state index contributed by atoms with van der Waals surface area (Å²) in [4.78, 5) is 4.18. The second kappa shape index (κ2) is 3.42. The van der Waals surface area contributed by atoms with E-state index in [1.807, 2.05) is 6.07 Å². The van der Waals surface area contributed by atoms with Crippen molar-refractivity contribution < 1.29 is 4.39 Å². The molecule has 68 valence electrons. The van der Waals surface area contributed by atoms with Crippen LogP contribution in [0, 0.1) is 5.82 Å². The number of aryl methyl sites for hydroxylation is 1. The van der Waals surface area contributed by atoms with Crippen LogP contribution in [0.1, 0.15) is 18.9 Å². The van der Waals surface area contributed by atoms with Gasteiger partial charge in [0.05, 0.1) is 15.7 Å². The molecule has 0 aliphatic heterocycles. The standard InChI is InChI=1S/C10H10FNS/c1-2-3-7-4-5-8(11)10-9(7)12-6-13-10/h4-6H,2-3H2,1H3. The number of hydrogen-bond acceptors (Lipinski definition) is 2. The number of rotatable bonds is 2. The molecular formula is C10H10FNS. The van der Waals surface area contributed by atoms with E-state index < -0.39 is 0 Å². The Morgan fingerprint density at radius 1 is 1.46 bits per heavy atom. The number of hydrogen-bond donors (Lipinski definition) is 0. The minimum absolute atomic E-state index is 0.155. The molecule has 3 heteroatoms. The zero-order valence-electron chi connectivity index (χ0n) is 7.38. The monoisotopic (exact) mass is 195 g/mol. The number of benzene rings is 1. The molecule has 2 aromatic rings. The minimum atomic E-state index is -0.155. The van der Waals surface area contributed by atoms with Gasteiger partial charge in [-0.1, -0.05) is 19.4 Å². The third kappa shape index (κ3) is 1.44. The molecule has 1 aromatic heterocycles. The van der Waals surface area contributed by atoms with Gasteiger partial charge in [0.1, 0.15) is 5.82 Å². The highest BCUT2D eigenvalue weighted by Gasteiger charge is 2.07. The Balaban J connectivity index is 2.64. The second-order valence-electron chi connectivity index (χ2n) is 2.99. The lowest BCUT2D eigenvalue weighted by molar-refractivity contribution is 0.641. The Bertz CT molecular complexity index is 422. The van der Waals surface area contributed by atoms with E-state index in [1.165, 1.54) is 17.4 Å². The molecule has 1 heterocycles. The maximum absolute atomic E-state index is 13.2. The molecular weight excluding hydrogens is 185 g/mol. The number of aromatic nitrogens is 1. The van der Waals surface area contributed by atoms with Crippen LogP contribution in [0.4, 0.5) is 4.39 Å². The number of fused-ring (bicyclic) bond motifs is 1. The van der Waals surface area contributed by atoms with Gasteiger partial charge >= 0.3 is 0 Å². The zero-order chi connectivity index (χ0) is 9.26. The van der Waals surface area contributed by atoms with Crippen LogP contribution in [0.2, 0.25) is 0 Å². The van der Waals surface area contributed by atoms with E-state index >= 15 is 0 Å². The van der Waals surface area contributed by atoms with E-state index in [0.717, 1.165) is 23.9 Å². The van der Waals surface area contributed by atoms with Gasteiger partial charge in [-0.05, 0) is 18.1 Å². The summed E-state index contributed by atoms with van der Waals surface area (Å²) in [6.45, 7) is 2.11. The van der Waals surface area contributed by atoms with Gasteiger partial charge in [-0.2, -0.15) is 0 Å². The Morgan fingerprint density at radius 2 is 2.31 bits per heavy atom. The molecule has 0 aliphatic rings. The highest BCUT2D eigenvalue weighted by Crippen LogP contribution is 2.25. The maximum Gasteiger partial charge on any atom is 0.142 e. The van der Waals surface area contributed by atoms with Gasteiger partial charge in [-0.3, -0.25) is 0 Å². The van der Waals surface area contributed by atoms with E-state index in [4.69, 9.17) is 0 Å². The average molecular weight is 195 g/mol. The summed E-state index contributed by atoms with van der Waals surface area (Å²) < 4.78 is 13.9. The highest BCUT2D eigenvalue weighted by atomic mass is 32.1. The van der Waals surface area contributed by atoms with Gasteiger partial charge in [0.25, 0.3) is 0 Å². The summed E-state index contributed by atoms with van der Waals surface area (Å²) in [5, 5.41) is 0. The van der Waals surface area contributed by atoms with Crippen LogP contribution in [-0.2, 0) is 6.42 Å². The smallest absolute Gasteiger partial charge is 0.142 e. The van der Waals surface area contributed by atoms with Gasteiger partial charge in [0, 0.05) is 0 Å². The van der Waals surface area contributed by atoms with Crippen molar-refractivity contribution in [1.29, 1.82) is 0 Å². The molecule has 0 saturated heterocycles. The first kappa shape index (κ1) is 8.63. The van der Waals surface area contributed by atoms with Gasteiger partial charge in [-0.25, -0.2) is 9.37 Å². The normalized spacial score (nSPS) is 10.9. The number of halogens is 1. The van der Waals surface area contributed by atoms with Crippen molar-refractivity contribution in [2.75, 3.05) is 0 Å². The summed E-state index contributed by atoms with van der Waals surface area (Å²) in [5.74, 6) is -0.155. The molecule has 2 rings (SSSR count). The lowest BCUT2D eigenvalue weighted by Crippen LogP contribution is -1.86. The van der Waals surface area contributed by atoms with Gasteiger partial charge in [0.2, 0.25) is 0 Å². The maximum atomic E-state index is 13.2. The molecule has 0 spiro atoms. The predicted octanol–water partition coefficient (Wildman–Crippen LogP) is 3.39. The highest BCUT2D eigenvalue weighted by molar-refractivity contribution is 7.16. The third-order valence-corrected chi connectivity index (χ3v) is 2.87. The predicted molar refractivity (Wildman–Crippen MR) is 53.6 cm³/mol. The quantitative estimate of drug-likeness (QED) is 0.715. The Kier molecular flexibility index (Phi) is 2.27. The van der Waals surface area contributed by atoms with Crippen molar-refractivity contribution in [3.05, 3.63) is 29.0 Å². The topological polar surface area (TPSA) is 12.9 Å². The molecule has 0 radical (unpaired) electrons. The van der Waals surface area contributed by atoms with Crippen molar-refractivity contribution in [2.45, 2.75) is 19.8 Å². The Hall–Kier alpha value is -0.960. The first-order chi connectivity index (χ1) is 6.33. The Labute approximate surface area is 80.2 Å². The summed E-state index contributed by atoms with van der Waals surface area (Å²) in [5.41, 5.74) is 3.69. The first-order valence-corrected chi connectivity index (χ1v) is 5.21. The minimum Gasteiger partial charge on any atom is -0.244 e. The van der Waals surface area contributed by atoms with Crippen molar-refractivity contribution in [3.63, 3.8) is 0 Å². The van der Waals surface area contributed by atoms with Crippen molar-refractivity contribution >= 4 is 21.6 Å². The van der Waals surface area contributed by atoms with E-state index in [0.29, 0.717) is 4.70 Å². The molecule has 0 atom stereocenters. The molecule has 0 saturated carbocycles. The van der Waals surface area contributed by atoms with E-state index in [1.54, 1.807) is 5.51 Å². The van der Waals surface area contributed by atoms with Crippen LogP contribution in [0.3, 0.4) is 0 Å². The number of thiazole rings is 1. The molecule has 0 N–H and O–H groups in total. The fourth-order valence-corrected chi connectivity index (χ4v) is 2.18. The van der Waals surface area contributed by atoms with E-state index in [-0.39, 0.29) is 5.82 Å². The van der Waals surface area contributed by atoms with Crippen LogP contribution in [0.15, 0.2) is 17.6 Å². The lowest BCUT2D eigenvalue weighted by Gasteiger charge is -1.99. The molecule has 0 bridgehead atoms. The summed E-state index contributed by atoms with van der Waals surface area (Å²) >= 11 is 1.37. The third-order valence-electron chi connectivity index (χ3n) is 2.04. The lowest BCUT2D eigenvalue weighted by atomic mass is 10.1. The zero-order valence-corrected chi connectivity index (χ0v) is 8.20. The van der Waals surface area contributed by atoms with Crippen molar-refractivity contribution in [1.82, 2.24) is 4.98 Å². The molecule has 0 fully saturated rings. The van der Waals surface area contributed by atoms with E-state index in [9.17, 15) is 4.39 Å². The van der Waals surface area contributed by atoms with Crippen LogP contribution in [0.25, 0.3) is 10.2 Å². The van der Waals surface area contributed by atoms with Crippen molar-refractivity contribution in [2.24, 2.45) is 0 Å². The molecule has 1 nitrogen and oxygen atoms in total. The van der Waals surface area contributed by atoms with Crippen LogP contribution < -0.4 is 0 Å². The van der Waals surface area contributed by atoms with Crippen molar-refractivity contribution in [3.8, 4) is 0 Å². The van der Waals surface area contributed by atoms with Gasteiger partial charge < -0.3 is 0 Å². The molecule has 0 amide bonds. The first-order valence-electron chi connectivity index (χ1n) is 4.33. The number of nitrogens with zero attached hydrogens (tertiary/aromatic N) is 1. The SMILES string of the molecule is CCCc1ccc(F)c2scnc12. The average Bonchev–Trinajstić information content (AvgIpc) is 2.59. The summed E-state index contributed by atoms with van der Waals surface area (Å²) in [7, 11) is 0. The molecule has 1 aromatic carbocycles. The van der Waals surface area contributed by atoms with Crippen LogP contribution in [0.5, 0.6) is 0 Å². The molecule has 0 unspecified atom stereocenters. The fourth-order valence-electron chi connectivity index (χ4n) is 1.44. The van der Waals surface area contributed by atoms with E-state index in [2.05, 4.69) is 11.9 Å². The largest absolute Gasteiger partial charge is 0.244 e.